The minimum atomic E-state index is -0.188. The van der Waals surface area contributed by atoms with Crippen molar-refractivity contribution in [3.8, 4) is 0 Å². The Bertz CT molecular complexity index is 1350. The Morgan fingerprint density at radius 2 is 0.891 bits per heavy atom. The molecule has 2 atom stereocenters. The molecule has 244 valence electrons. The van der Waals surface area contributed by atoms with Gasteiger partial charge in [0.15, 0.2) is 0 Å². The van der Waals surface area contributed by atoms with Gasteiger partial charge < -0.3 is 14.9 Å². The summed E-state index contributed by atoms with van der Waals surface area (Å²) in [4.78, 5) is 9.58. The molecule has 0 unspecified atom stereocenters. The average Bonchev–Trinajstić information content (AvgIpc) is 3.12. The summed E-state index contributed by atoms with van der Waals surface area (Å²) in [7, 11) is 0. The molecule has 0 saturated carbocycles. The number of aliphatic hydroxyl groups is 1. The van der Waals surface area contributed by atoms with E-state index < -0.39 is 0 Å². The van der Waals surface area contributed by atoms with Crippen molar-refractivity contribution in [1.29, 1.82) is 0 Å². The van der Waals surface area contributed by atoms with Crippen molar-refractivity contribution < 1.29 is 13.9 Å². The van der Waals surface area contributed by atoms with Gasteiger partial charge in [-0.25, -0.2) is 8.78 Å². The maximum Gasteiger partial charge on any atom is 0.123 e. The lowest BCUT2D eigenvalue weighted by Gasteiger charge is -2.39. The predicted molar refractivity (Wildman–Crippen MR) is 186 cm³/mol. The first-order valence-electron chi connectivity index (χ1n) is 16.2. The van der Waals surface area contributed by atoms with Crippen molar-refractivity contribution in [2.75, 3.05) is 62.2 Å². The first-order valence-corrected chi connectivity index (χ1v) is 16.7. The van der Waals surface area contributed by atoms with Crippen molar-refractivity contribution in [2.24, 2.45) is 0 Å². The van der Waals surface area contributed by atoms with E-state index in [-0.39, 0.29) is 18.2 Å². The van der Waals surface area contributed by atoms with Crippen molar-refractivity contribution >= 4 is 23.0 Å². The molecule has 4 aromatic carbocycles. The molecule has 0 bridgehead atoms. The summed E-state index contributed by atoms with van der Waals surface area (Å²) in [6.07, 6.45) is 0. The molecule has 0 aliphatic carbocycles. The minimum absolute atomic E-state index is 0.0883. The van der Waals surface area contributed by atoms with Gasteiger partial charge in [0.05, 0.1) is 6.61 Å². The zero-order chi connectivity index (χ0) is 32.5. The zero-order valence-corrected chi connectivity index (χ0v) is 27.6. The number of benzene rings is 4. The molecule has 1 N–H and O–H groups in total. The highest BCUT2D eigenvalue weighted by Crippen LogP contribution is 2.26. The fourth-order valence-corrected chi connectivity index (χ4v) is 6.43. The Morgan fingerprint density at radius 1 is 0.543 bits per heavy atom. The van der Waals surface area contributed by atoms with E-state index in [1.165, 1.54) is 35.4 Å². The van der Waals surface area contributed by atoms with Crippen LogP contribution in [0.2, 0.25) is 0 Å². The Labute approximate surface area is 277 Å². The Kier molecular flexibility index (Phi) is 12.0. The van der Waals surface area contributed by atoms with Gasteiger partial charge in [-0.05, 0) is 84.6 Å². The predicted octanol–water partition coefficient (Wildman–Crippen LogP) is 7.65. The van der Waals surface area contributed by atoms with Crippen LogP contribution in [0.4, 0.5) is 20.2 Å². The largest absolute Gasteiger partial charge is 0.392 e. The molecular formula is C38H45ClF2N4O. The number of hydrogen-bond acceptors (Lipinski definition) is 5. The lowest BCUT2D eigenvalue weighted by Crippen LogP contribution is -2.47. The van der Waals surface area contributed by atoms with Crippen molar-refractivity contribution in [3.05, 3.63) is 131 Å². The van der Waals surface area contributed by atoms with E-state index in [0.29, 0.717) is 18.0 Å². The van der Waals surface area contributed by atoms with Crippen LogP contribution in [0.15, 0.2) is 97.1 Å². The van der Waals surface area contributed by atoms with Gasteiger partial charge in [0.25, 0.3) is 0 Å². The average molecular weight is 647 g/mol. The fourth-order valence-electron chi connectivity index (χ4n) is 6.25. The van der Waals surface area contributed by atoms with Crippen molar-refractivity contribution in [2.45, 2.75) is 38.4 Å². The van der Waals surface area contributed by atoms with Crippen LogP contribution in [0.3, 0.4) is 0 Å². The molecule has 2 aliphatic heterocycles. The van der Waals surface area contributed by atoms with E-state index in [1.54, 1.807) is 0 Å². The lowest BCUT2D eigenvalue weighted by molar-refractivity contribution is 0.198. The molecular weight excluding hydrogens is 602 g/mol. The van der Waals surface area contributed by atoms with Gasteiger partial charge >= 0.3 is 0 Å². The number of aliphatic hydroxyl groups excluding tert-OH is 1. The van der Waals surface area contributed by atoms with Crippen LogP contribution in [0, 0.1) is 11.6 Å². The number of anilines is 2. The van der Waals surface area contributed by atoms with E-state index >= 15 is 0 Å². The minimum Gasteiger partial charge on any atom is -0.392 e. The second-order valence-electron chi connectivity index (χ2n) is 12.1. The highest BCUT2D eigenvalue weighted by Gasteiger charge is 2.23. The molecule has 2 saturated heterocycles. The quantitative estimate of drug-likeness (QED) is 0.199. The normalized spacial score (nSPS) is 17.3. The SMILES string of the molecule is C[C@H](c1ccc(CCl)cc1)N1CCN(c2ccc(F)cc2)CC1.C[C@H](c1ccc(CO)cc1)N1CCN(c2ccc(F)cc2)CC1. The Morgan fingerprint density at radius 3 is 1.22 bits per heavy atom. The summed E-state index contributed by atoms with van der Waals surface area (Å²) < 4.78 is 26.0. The van der Waals surface area contributed by atoms with Gasteiger partial charge in [-0.15, -0.1) is 11.6 Å². The summed E-state index contributed by atoms with van der Waals surface area (Å²) in [5.74, 6) is 0.194. The Balaban J connectivity index is 0.000000181. The molecule has 0 amide bonds. The molecule has 2 aliphatic rings. The van der Waals surface area contributed by atoms with Gasteiger partial charge in [-0.1, -0.05) is 48.5 Å². The first-order chi connectivity index (χ1) is 22.3. The fraction of sp³-hybridized carbons (Fsp3) is 0.368. The summed E-state index contributed by atoms with van der Waals surface area (Å²) >= 11 is 5.85. The molecule has 0 aromatic heterocycles. The molecule has 46 heavy (non-hydrogen) atoms. The summed E-state index contributed by atoms with van der Waals surface area (Å²) in [6.45, 7) is 12.4. The maximum atomic E-state index is 13.0. The van der Waals surface area contributed by atoms with Gasteiger partial charge in [-0.2, -0.15) is 0 Å². The van der Waals surface area contributed by atoms with E-state index in [9.17, 15) is 8.78 Å². The molecule has 6 rings (SSSR count). The van der Waals surface area contributed by atoms with E-state index in [2.05, 4.69) is 69.8 Å². The highest BCUT2D eigenvalue weighted by atomic mass is 35.5. The monoisotopic (exact) mass is 646 g/mol. The van der Waals surface area contributed by atoms with Crippen LogP contribution in [0.25, 0.3) is 0 Å². The van der Waals surface area contributed by atoms with Crippen LogP contribution in [0.5, 0.6) is 0 Å². The van der Waals surface area contributed by atoms with Gasteiger partial charge in [0, 0.05) is 81.7 Å². The summed E-state index contributed by atoms with van der Waals surface area (Å²) in [5, 5.41) is 9.13. The van der Waals surface area contributed by atoms with Gasteiger partial charge in [0.1, 0.15) is 11.6 Å². The second-order valence-corrected chi connectivity index (χ2v) is 12.4. The number of alkyl halides is 1. The van der Waals surface area contributed by atoms with Crippen LogP contribution >= 0.6 is 11.6 Å². The molecule has 8 heteroatoms. The third kappa shape index (κ3) is 8.85. The zero-order valence-electron chi connectivity index (χ0n) is 26.8. The number of nitrogens with zero attached hydrogens (tertiary/aromatic N) is 4. The molecule has 4 aromatic rings. The lowest BCUT2D eigenvalue weighted by atomic mass is 10.0. The van der Waals surface area contributed by atoms with E-state index in [1.807, 2.05) is 36.4 Å². The molecule has 5 nitrogen and oxygen atoms in total. The van der Waals surface area contributed by atoms with Crippen LogP contribution in [-0.2, 0) is 12.5 Å². The third-order valence-electron chi connectivity index (χ3n) is 9.37. The highest BCUT2D eigenvalue weighted by molar-refractivity contribution is 6.17. The Hall–Kier alpha value is -3.49. The smallest absolute Gasteiger partial charge is 0.123 e. The van der Waals surface area contributed by atoms with Crippen molar-refractivity contribution in [3.63, 3.8) is 0 Å². The third-order valence-corrected chi connectivity index (χ3v) is 9.68. The molecule has 0 spiro atoms. The summed E-state index contributed by atoms with van der Waals surface area (Å²) in [5.41, 5.74) is 6.90. The molecule has 0 radical (unpaired) electrons. The number of rotatable bonds is 8. The van der Waals surface area contributed by atoms with E-state index in [4.69, 9.17) is 16.7 Å². The van der Waals surface area contributed by atoms with Crippen molar-refractivity contribution in [1.82, 2.24) is 9.80 Å². The van der Waals surface area contributed by atoms with Gasteiger partial charge in [0.2, 0.25) is 0 Å². The maximum absolute atomic E-state index is 13.0. The molecule has 2 heterocycles. The number of hydrogen-bond donors (Lipinski definition) is 1. The second kappa shape index (κ2) is 16.4. The van der Waals surface area contributed by atoms with Crippen LogP contribution in [0.1, 0.15) is 48.2 Å². The first kappa shape index (κ1) is 33.9. The molecule has 2 fully saturated rings. The van der Waals surface area contributed by atoms with Gasteiger partial charge in [-0.3, -0.25) is 9.80 Å². The summed E-state index contributed by atoms with van der Waals surface area (Å²) in [6, 6.07) is 31.0. The van der Waals surface area contributed by atoms with Crippen LogP contribution in [-0.4, -0.2) is 67.3 Å². The number of piperazine rings is 2. The van der Waals surface area contributed by atoms with Crippen LogP contribution < -0.4 is 9.80 Å². The van der Waals surface area contributed by atoms with E-state index in [0.717, 1.165) is 74.9 Å². The number of halogens is 3. The topological polar surface area (TPSA) is 33.2 Å². The standard InChI is InChI=1S/C19H22ClFN2.C19H23FN2O/c1-15(17-4-2-16(14-20)3-5-17)22-10-12-23(13-11-22)19-8-6-18(21)7-9-19;1-15(17-4-2-16(14-23)3-5-17)21-10-12-22(13-11-21)19-8-6-18(20)7-9-19/h2-9,15H,10-14H2,1H3;2-9,15,23H,10-14H2,1H3/t2*15-/m11/s1.